The number of nitrogens with zero attached hydrogens (tertiary/aromatic N) is 3. The zero-order valence-electron chi connectivity index (χ0n) is 13.1. The molecule has 0 aromatic carbocycles. The molecule has 1 aromatic rings. The maximum absolute atomic E-state index is 6.08. The van der Waals surface area contributed by atoms with Gasteiger partial charge >= 0.3 is 0 Å². The fourth-order valence-electron chi connectivity index (χ4n) is 3.42. The Balaban J connectivity index is 1.52. The lowest BCUT2D eigenvalue weighted by Gasteiger charge is -2.48. The van der Waals surface area contributed by atoms with E-state index in [1.54, 1.807) is 0 Å². The first kappa shape index (κ1) is 14.1. The van der Waals surface area contributed by atoms with Gasteiger partial charge in [-0.15, -0.1) is 0 Å². The van der Waals surface area contributed by atoms with Crippen LogP contribution in [0.1, 0.15) is 45.2 Å². The summed E-state index contributed by atoms with van der Waals surface area (Å²) in [5.74, 6) is 0. The van der Waals surface area contributed by atoms with Gasteiger partial charge in [0.25, 0.3) is 0 Å². The van der Waals surface area contributed by atoms with Crippen molar-refractivity contribution in [3.63, 3.8) is 0 Å². The van der Waals surface area contributed by atoms with Crippen LogP contribution in [0, 0.1) is 5.41 Å². The summed E-state index contributed by atoms with van der Waals surface area (Å²) < 4.78 is 8.11. The highest BCUT2D eigenvalue weighted by Crippen LogP contribution is 2.43. The molecule has 4 nitrogen and oxygen atoms in total. The molecule has 2 fully saturated rings. The number of piperidine rings is 1. The SMILES string of the molecule is Cn1cnc(CN2CCC3(CC2)CCC(C)(C)OC3)c1. The van der Waals surface area contributed by atoms with Crippen LogP contribution in [0.5, 0.6) is 0 Å². The van der Waals surface area contributed by atoms with E-state index < -0.39 is 0 Å². The Morgan fingerprint density at radius 2 is 1.95 bits per heavy atom. The smallest absolute Gasteiger partial charge is 0.0947 e. The molecule has 112 valence electrons. The molecule has 0 unspecified atom stereocenters. The largest absolute Gasteiger partial charge is 0.375 e. The van der Waals surface area contributed by atoms with Crippen LogP contribution in [0.4, 0.5) is 0 Å². The second kappa shape index (κ2) is 5.15. The van der Waals surface area contributed by atoms with Crippen LogP contribution >= 0.6 is 0 Å². The van der Waals surface area contributed by atoms with Crippen LogP contribution < -0.4 is 0 Å². The van der Waals surface area contributed by atoms with Crippen molar-refractivity contribution < 1.29 is 4.74 Å². The summed E-state index contributed by atoms with van der Waals surface area (Å²) in [6.07, 6.45) is 9.09. The Morgan fingerprint density at radius 3 is 2.50 bits per heavy atom. The standard InChI is InChI=1S/C16H27N3O/c1-15(2)4-5-16(12-20-15)6-8-19(9-7-16)11-14-10-18(3)13-17-14/h10,13H,4-9,11-12H2,1-3H3. The Kier molecular flexibility index (Phi) is 3.63. The van der Waals surface area contributed by atoms with Crippen molar-refractivity contribution in [3.8, 4) is 0 Å². The summed E-state index contributed by atoms with van der Waals surface area (Å²) in [6.45, 7) is 8.74. The van der Waals surface area contributed by atoms with Crippen molar-refractivity contribution in [1.82, 2.24) is 14.5 Å². The summed E-state index contributed by atoms with van der Waals surface area (Å²) in [5, 5.41) is 0. The van der Waals surface area contributed by atoms with Gasteiger partial charge in [-0.3, -0.25) is 4.90 Å². The molecule has 1 aromatic heterocycles. The monoisotopic (exact) mass is 277 g/mol. The van der Waals surface area contributed by atoms with Crippen molar-refractivity contribution in [3.05, 3.63) is 18.2 Å². The summed E-state index contributed by atoms with van der Waals surface area (Å²) in [4.78, 5) is 6.96. The third-order valence-corrected chi connectivity index (χ3v) is 5.09. The first-order valence-electron chi connectivity index (χ1n) is 7.80. The Labute approximate surface area is 122 Å². The summed E-state index contributed by atoms with van der Waals surface area (Å²) in [5.41, 5.74) is 1.73. The molecule has 0 atom stereocenters. The number of ether oxygens (including phenoxy) is 1. The molecular formula is C16H27N3O. The lowest BCUT2D eigenvalue weighted by molar-refractivity contribution is -0.129. The van der Waals surface area contributed by atoms with E-state index in [-0.39, 0.29) is 5.60 Å². The first-order chi connectivity index (χ1) is 9.46. The molecule has 2 aliphatic rings. The van der Waals surface area contributed by atoms with E-state index in [1.165, 1.54) is 44.5 Å². The van der Waals surface area contributed by atoms with Crippen molar-refractivity contribution in [2.75, 3.05) is 19.7 Å². The maximum Gasteiger partial charge on any atom is 0.0947 e. The lowest BCUT2D eigenvalue weighted by atomic mass is 9.72. The second-order valence-electron chi connectivity index (χ2n) is 7.35. The predicted molar refractivity (Wildman–Crippen MR) is 79.4 cm³/mol. The second-order valence-corrected chi connectivity index (χ2v) is 7.35. The van der Waals surface area contributed by atoms with Gasteiger partial charge in [0.1, 0.15) is 0 Å². The highest BCUT2D eigenvalue weighted by Gasteiger charge is 2.41. The van der Waals surface area contributed by atoms with Gasteiger partial charge in [-0.05, 0) is 58.0 Å². The fourth-order valence-corrected chi connectivity index (χ4v) is 3.42. The van der Waals surface area contributed by atoms with E-state index in [1.807, 2.05) is 17.9 Å². The van der Waals surface area contributed by atoms with Gasteiger partial charge in [0.15, 0.2) is 0 Å². The van der Waals surface area contributed by atoms with E-state index in [0.717, 1.165) is 13.2 Å². The zero-order chi connectivity index (χ0) is 14.2. The molecule has 3 heterocycles. The van der Waals surface area contributed by atoms with Crippen LogP contribution in [0.2, 0.25) is 0 Å². The molecule has 0 amide bonds. The van der Waals surface area contributed by atoms with E-state index in [4.69, 9.17) is 4.74 Å². The summed E-state index contributed by atoms with van der Waals surface area (Å²) >= 11 is 0. The molecule has 0 bridgehead atoms. The number of aryl methyl sites for hydroxylation is 1. The molecule has 2 aliphatic heterocycles. The van der Waals surface area contributed by atoms with Gasteiger partial charge in [-0.2, -0.15) is 0 Å². The van der Waals surface area contributed by atoms with Crippen molar-refractivity contribution in [1.29, 1.82) is 0 Å². The quantitative estimate of drug-likeness (QED) is 0.832. The van der Waals surface area contributed by atoms with Crippen LogP contribution in [0.3, 0.4) is 0 Å². The van der Waals surface area contributed by atoms with Crippen LogP contribution in [0.25, 0.3) is 0 Å². The number of likely N-dealkylation sites (tertiary alicyclic amines) is 1. The molecule has 0 N–H and O–H groups in total. The number of aromatic nitrogens is 2. The minimum absolute atomic E-state index is 0.0936. The highest BCUT2D eigenvalue weighted by atomic mass is 16.5. The maximum atomic E-state index is 6.08. The number of hydrogen-bond acceptors (Lipinski definition) is 3. The van der Waals surface area contributed by atoms with E-state index >= 15 is 0 Å². The van der Waals surface area contributed by atoms with E-state index in [2.05, 4.69) is 29.9 Å². The Hall–Kier alpha value is -0.870. The van der Waals surface area contributed by atoms with E-state index in [0.29, 0.717) is 5.41 Å². The number of imidazole rings is 1. The minimum atomic E-state index is 0.0936. The molecular weight excluding hydrogens is 250 g/mol. The molecule has 0 radical (unpaired) electrons. The van der Waals surface area contributed by atoms with Crippen molar-refractivity contribution in [2.24, 2.45) is 12.5 Å². The molecule has 0 aliphatic carbocycles. The van der Waals surface area contributed by atoms with Crippen LogP contribution in [-0.2, 0) is 18.3 Å². The zero-order valence-corrected chi connectivity index (χ0v) is 13.1. The lowest BCUT2D eigenvalue weighted by Crippen LogP contribution is -2.47. The summed E-state index contributed by atoms with van der Waals surface area (Å²) in [7, 11) is 2.03. The van der Waals surface area contributed by atoms with Crippen molar-refractivity contribution >= 4 is 0 Å². The Bertz CT molecular complexity index is 446. The molecule has 20 heavy (non-hydrogen) atoms. The highest BCUT2D eigenvalue weighted by molar-refractivity contribution is 4.98. The van der Waals surface area contributed by atoms with Gasteiger partial charge in [0, 0.05) is 19.8 Å². The van der Waals surface area contributed by atoms with Gasteiger partial charge < -0.3 is 9.30 Å². The predicted octanol–water partition coefficient (Wildman–Crippen LogP) is 2.59. The van der Waals surface area contributed by atoms with Gasteiger partial charge in [0.05, 0.1) is 24.2 Å². The minimum Gasteiger partial charge on any atom is -0.375 e. The average Bonchev–Trinajstić information content (AvgIpc) is 2.82. The topological polar surface area (TPSA) is 30.3 Å². The van der Waals surface area contributed by atoms with Crippen molar-refractivity contribution in [2.45, 2.75) is 51.7 Å². The third kappa shape index (κ3) is 3.07. The molecule has 2 saturated heterocycles. The molecule has 4 heteroatoms. The van der Waals surface area contributed by atoms with Crippen LogP contribution in [0.15, 0.2) is 12.5 Å². The average molecular weight is 277 g/mol. The normalized spacial score (nSPS) is 25.9. The fraction of sp³-hybridized carbons (Fsp3) is 0.812. The number of hydrogen-bond donors (Lipinski definition) is 0. The van der Waals surface area contributed by atoms with Gasteiger partial charge in [-0.25, -0.2) is 4.98 Å². The number of rotatable bonds is 2. The van der Waals surface area contributed by atoms with Gasteiger partial charge in [-0.1, -0.05) is 0 Å². The van der Waals surface area contributed by atoms with E-state index in [9.17, 15) is 0 Å². The third-order valence-electron chi connectivity index (χ3n) is 5.09. The Morgan fingerprint density at radius 1 is 1.20 bits per heavy atom. The molecule has 0 saturated carbocycles. The molecule has 1 spiro atoms. The molecule has 3 rings (SSSR count). The first-order valence-corrected chi connectivity index (χ1v) is 7.80. The summed E-state index contributed by atoms with van der Waals surface area (Å²) in [6, 6.07) is 0. The van der Waals surface area contributed by atoms with Crippen LogP contribution in [-0.4, -0.2) is 39.7 Å². The van der Waals surface area contributed by atoms with Gasteiger partial charge in [0.2, 0.25) is 0 Å².